The van der Waals surface area contributed by atoms with E-state index in [-0.39, 0.29) is 6.04 Å². The Morgan fingerprint density at radius 1 is 1.16 bits per heavy atom. The van der Waals surface area contributed by atoms with E-state index in [1.54, 1.807) is 4.90 Å². The van der Waals surface area contributed by atoms with Gasteiger partial charge in [0.05, 0.1) is 22.6 Å². The van der Waals surface area contributed by atoms with Gasteiger partial charge in [-0.1, -0.05) is 13.0 Å². The number of hydrogen-bond acceptors (Lipinski definition) is 6. The molecule has 2 amide bonds. The number of hydrogen-bond donors (Lipinski definition) is 2. The molecule has 8 heteroatoms. The van der Waals surface area contributed by atoms with E-state index in [1.165, 1.54) is 17.7 Å². The second-order valence-corrected chi connectivity index (χ2v) is 9.54. The number of anilines is 2. The van der Waals surface area contributed by atoms with Crippen LogP contribution in [0.25, 0.3) is 10.1 Å². The lowest BCUT2D eigenvalue weighted by Gasteiger charge is -2.38. The van der Waals surface area contributed by atoms with Gasteiger partial charge in [-0.25, -0.2) is 4.98 Å². The summed E-state index contributed by atoms with van der Waals surface area (Å²) in [6.07, 6.45) is 7.37. The Labute approximate surface area is 184 Å². The number of carbonyl (C=O) groups is 2. The predicted octanol–water partition coefficient (Wildman–Crippen LogP) is 4.09. The van der Waals surface area contributed by atoms with Crippen LogP contribution in [0.15, 0.2) is 36.7 Å². The van der Waals surface area contributed by atoms with Crippen LogP contribution in [0.4, 0.5) is 11.5 Å². The zero-order valence-corrected chi connectivity index (χ0v) is 18.2. The van der Waals surface area contributed by atoms with Crippen molar-refractivity contribution in [3.63, 3.8) is 0 Å². The quantitative estimate of drug-likeness (QED) is 0.604. The van der Waals surface area contributed by atoms with E-state index in [2.05, 4.69) is 27.7 Å². The van der Waals surface area contributed by atoms with Gasteiger partial charge in [0.1, 0.15) is 5.82 Å². The minimum Gasteiger partial charge on any atom is -0.383 e. The molecule has 2 aromatic heterocycles. The molecule has 0 bridgehead atoms. The Bertz CT molecular complexity index is 1160. The molecule has 2 aliphatic rings. The number of amides is 2. The maximum atomic E-state index is 13.2. The third-order valence-electron chi connectivity index (χ3n) is 6.26. The number of piperidine rings is 1. The number of nitrogens with two attached hydrogens (primary N) is 1. The Balaban J connectivity index is 1.37. The molecule has 0 spiro atoms. The second kappa shape index (κ2) is 7.92. The molecule has 3 N–H and O–H groups in total. The Morgan fingerprint density at radius 3 is 2.81 bits per heavy atom. The first kappa shape index (κ1) is 19.9. The van der Waals surface area contributed by atoms with Crippen molar-refractivity contribution in [3.05, 3.63) is 47.8 Å². The van der Waals surface area contributed by atoms with Crippen LogP contribution >= 0.6 is 11.5 Å². The number of likely N-dealkylation sites (tertiary alicyclic amines) is 1. The van der Waals surface area contributed by atoms with Crippen molar-refractivity contribution >= 4 is 44.9 Å². The molecular weight excluding hydrogens is 410 g/mol. The number of rotatable bonds is 3. The molecule has 1 saturated carbocycles. The van der Waals surface area contributed by atoms with Crippen LogP contribution in [0.3, 0.4) is 0 Å². The van der Waals surface area contributed by atoms with Gasteiger partial charge >= 0.3 is 11.8 Å². The third kappa shape index (κ3) is 3.99. The number of fused-ring (bicyclic) bond motifs is 1. The summed E-state index contributed by atoms with van der Waals surface area (Å²) in [6, 6.07) is 7.90. The van der Waals surface area contributed by atoms with Gasteiger partial charge in [-0.3, -0.25) is 9.59 Å². The molecular formula is C23H25N5O2S. The second-order valence-electron chi connectivity index (χ2n) is 8.71. The van der Waals surface area contributed by atoms with Gasteiger partial charge in [-0.15, -0.1) is 0 Å². The van der Waals surface area contributed by atoms with E-state index in [0.29, 0.717) is 29.9 Å². The zero-order valence-electron chi connectivity index (χ0n) is 17.4. The van der Waals surface area contributed by atoms with E-state index in [0.717, 1.165) is 46.9 Å². The van der Waals surface area contributed by atoms with Crippen molar-refractivity contribution in [1.82, 2.24) is 14.3 Å². The first-order valence-corrected chi connectivity index (χ1v) is 11.5. The highest BCUT2D eigenvalue weighted by molar-refractivity contribution is 7.13. The van der Waals surface area contributed by atoms with Gasteiger partial charge in [0, 0.05) is 18.1 Å². The molecule has 0 radical (unpaired) electrons. The molecule has 1 saturated heterocycles. The van der Waals surface area contributed by atoms with Gasteiger partial charge in [-0.05, 0) is 78.4 Å². The fraction of sp³-hybridized carbons (Fsp3) is 0.391. The number of benzene rings is 1. The lowest BCUT2D eigenvalue weighted by molar-refractivity contribution is -0.146. The van der Waals surface area contributed by atoms with Crippen LogP contribution in [-0.2, 0) is 9.59 Å². The maximum Gasteiger partial charge on any atom is 0.313 e. The summed E-state index contributed by atoms with van der Waals surface area (Å²) in [6.45, 7) is 2.68. The summed E-state index contributed by atoms with van der Waals surface area (Å²) >= 11 is 1.46. The van der Waals surface area contributed by atoms with Crippen molar-refractivity contribution in [2.45, 2.75) is 44.6 Å². The molecule has 1 aliphatic carbocycles. The SMILES string of the molecule is C[C@@H]1CC[C@@H](c2ccc3sncc3c2)N(C(=O)C(=O)Nc2cnc(N)c(C3CC3)c2)C1. The fourth-order valence-corrected chi connectivity index (χ4v) is 5.04. The number of nitrogens with one attached hydrogen (secondary N) is 1. The standard InChI is InChI=1S/C23H25N5O2S/c1-13-2-6-19(15-5-7-20-16(8-15)10-26-31-20)28(12-13)23(30)22(29)27-17-9-18(14-3-4-14)21(24)25-11-17/h5,7-11,13-14,19H,2-4,6,12H2,1H3,(H2,24,25)(H,27,29)/t13-,19+/m1/s1. The molecule has 3 heterocycles. The fourth-order valence-electron chi connectivity index (χ4n) is 4.42. The van der Waals surface area contributed by atoms with E-state index < -0.39 is 11.8 Å². The number of carbonyl (C=O) groups excluding carboxylic acids is 2. The molecule has 0 unspecified atom stereocenters. The molecule has 1 aliphatic heterocycles. The average molecular weight is 436 g/mol. The van der Waals surface area contributed by atoms with Gasteiger partial charge in [0.25, 0.3) is 0 Å². The highest BCUT2D eigenvalue weighted by Gasteiger charge is 2.34. The normalized spacial score (nSPS) is 21.3. The molecule has 31 heavy (non-hydrogen) atoms. The van der Waals surface area contributed by atoms with E-state index in [1.807, 2.05) is 24.4 Å². The summed E-state index contributed by atoms with van der Waals surface area (Å²) in [4.78, 5) is 32.0. The number of nitrogen functional groups attached to an aromatic ring is 1. The highest BCUT2D eigenvalue weighted by Crippen LogP contribution is 2.43. The highest BCUT2D eigenvalue weighted by atomic mass is 32.1. The van der Waals surface area contributed by atoms with E-state index >= 15 is 0 Å². The Hall–Kier alpha value is -3.00. The van der Waals surface area contributed by atoms with Crippen LogP contribution in [-0.4, -0.2) is 32.6 Å². The van der Waals surface area contributed by atoms with Gasteiger partial charge < -0.3 is 16.0 Å². The third-order valence-corrected chi connectivity index (χ3v) is 7.04. The molecule has 5 rings (SSSR count). The molecule has 7 nitrogen and oxygen atoms in total. The molecule has 2 atom stereocenters. The van der Waals surface area contributed by atoms with Gasteiger partial charge in [0.2, 0.25) is 0 Å². The monoisotopic (exact) mass is 435 g/mol. The van der Waals surface area contributed by atoms with Crippen LogP contribution in [0.2, 0.25) is 0 Å². The van der Waals surface area contributed by atoms with Crippen molar-refractivity contribution in [2.75, 3.05) is 17.6 Å². The number of aromatic nitrogens is 2. The van der Waals surface area contributed by atoms with Crippen LogP contribution in [0.5, 0.6) is 0 Å². The summed E-state index contributed by atoms with van der Waals surface area (Å²) in [5.74, 6) is 0.110. The van der Waals surface area contributed by atoms with Crippen molar-refractivity contribution in [2.24, 2.45) is 5.92 Å². The smallest absolute Gasteiger partial charge is 0.313 e. The molecule has 160 valence electrons. The van der Waals surface area contributed by atoms with Gasteiger partial charge in [-0.2, -0.15) is 4.37 Å². The van der Waals surface area contributed by atoms with Crippen molar-refractivity contribution < 1.29 is 9.59 Å². The van der Waals surface area contributed by atoms with Crippen LogP contribution in [0.1, 0.15) is 55.7 Å². The number of nitrogens with zero attached hydrogens (tertiary/aromatic N) is 3. The van der Waals surface area contributed by atoms with E-state index in [9.17, 15) is 9.59 Å². The molecule has 3 aromatic rings. The average Bonchev–Trinajstić information content (AvgIpc) is 3.50. The first-order valence-electron chi connectivity index (χ1n) is 10.7. The first-order chi connectivity index (χ1) is 15.0. The van der Waals surface area contributed by atoms with Crippen molar-refractivity contribution in [1.29, 1.82) is 0 Å². The summed E-state index contributed by atoms with van der Waals surface area (Å²) < 4.78 is 5.36. The topological polar surface area (TPSA) is 101 Å². The summed E-state index contributed by atoms with van der Waals surface area (Å²) in [5.41, 5.74) is 8.48. The Morgan fingerprint density at radius 2 is 2.00 bits per heavy atom. The minimum atomic E-state index is -0.634. The molecule has 2 fully saturated rings. The van der Waals surface area contributed by atoms with E-state index in [4.69, 9.17) is 5.73 Å². The predicted molar refractivity (Wildman–Crippen MR) is 122 cm³/mol. The van der Waals surface area contributed by atoms with Crippen LogP contribution < -0.4 is 11.1 Å². The van der Waals surface area contributed by atoms with Gasteiger partial charge in [0.15, 0.2) is 0 Å². The lowest BCUT2D eigenvalue weighted by atomic mass is 9.89. The minimum absolute atomic E-state index is 0.120. The van der Waals surface area contributed by atoms with Crippen LogP contribution in [0, 0.1) is 5.92 Å². The van der Waals surface area contributed by atoms with Crippen molar-refractivity contribution in [3.8, 4) is 0 Å². The summed E-state index contributed by atoms with van der Waals surface area (Å²) in [5, 5.41) is 3.81. The summed E-state index contributed by atoms with van der Waals surface area (Å²) in [7, 11) is 0. The zero-order chi connectivity index (χ0) is 21.5. The molecule has 1 aromatic carbocycles. The largest absolute Gasteiger partial charge is 0.383 e. The number of pyridine rings is 1. The Kier molecular flexibility index (Phi) is 5.09. The maximum absolute atomic E-state index is 13.2. The lowest BCUT2D eigenvalue weighted by Crippen LogP contribution is -2.46.